The van der Waals surface area contributed by atoms with E-state index in [4.69, 9.17) is 15.7 Å². The first kappa shape index (κ1) is 13.7. The number of pyridine rings is 1. The topological polar surface area (TPSA) is 80.7 Å². The predicted molar refractivity (Wildman–Crippen MR) is 67.9 cm³/mol. The molecule has 5 nitrogen and oxygen atoms in total. The summed E-state index contributed by atoms with van der Waals surface area (Å²) in [7, 11) is 0. The lowest BCUT2D eigenvalue weighted by molar-refractivity contribution is 0.318. The Bertz CT molecular complexity index is 654. The van der Waals surface area contributed by atoms with Gasteiger partial charge in [0.05, 0.1) is 5.56 Å². The van der Waals surface area contributed by atoms with Gasteiger partial charge in [0.1, 0.15) is 17.4 Å². The number of nitrogens with zero attached hydrogens (tertiary/aromatic N) is 2. The van der Waals surface area contributed by atoms with E-state index in [1.54, 1.807) is 13.0 Å². The zero-order valence-corrected chi connectivity index (χ0v) is 10.5. The van der Waals surface area contributed by atoms with Gasteiger partial charge < -0.3 is 15.7 Å². The van der Waals surface area contributed by atoms with E-state index in [0.717, 1.165) is 18.2 Å². The minimum Gasteiger partial charge on any atom is -0.438 e. The number of hydrogen-bond donors (Lipinski definition) is 2. The maximum Gasteiger partial charge on any atom is 0.230 e. The Morgan fingerprint density at radius 1 is 1.25 bits per heavy atom. The number of oxime groups is 1. The number of amidine groups is 1. The molecular weight excluding hydrogens is 268 g/mol. The third-order valence-corrected chi connectivity index (χ3v) is 2.43. The van der Waals surface area contributed by atoms with Gasteiger partial charge in [-0.25, -0.2) is 13.8 Å². The molecule has 2 aromatic rings. The fraction of sp³-hybridized carbons (Fsp3) is 0.0769. The summed E-state index contributed by atoms with van der Waals surface area (Å²) >= 11 is 0. The quantitative estimate of drug-likeness (QED) is 0.391. The van der Waals surface area contributed by atoms with Gasteiger partial charge in [-0.1, -0.05) is 5.16 Å². The average molecular weight is 279 g/mol. The van der Waals surface area contributed by atoms with E-state index in [2.05, 4.69) is 10.1 Å². The van der Waals surface area contributed by atoms with Gasteiger partial charge in [0.25, 0.3) is 0 Å². The summed E-state index contributed by atoms with van der Waals surface area (Å²) in [6.07, 6.45) is 0. The first-order valence-electron chi connectivity index (χ1n) is 5.59. The van der Waals surface area contributed by atoms with Gasteiger partial charge in [0, 0.05) is 23.9 Å². The summed E-state index contributed by atoms with van der Waals surface area (Å²) < 4.78 is 31.5. The van der Waals surface area contributed by atoms with Crippen molar-refractivity contribution >= 4 is 5.84 Å². The van der Waals surface area contributed by atoms with Gasteiger partial charge in [-0.05, 0) is 19.1 Å². The molecule has 20 heavy (non-hydrogen) atoms. The highest BCUT2D eigenvalue weighted by molar-refractivity contribution is 5.99. The molecule has 2 rings (SSSR count). The van der Waals surface area contributed by atoms with Crippen LogP contribution in [-0.2, 0) is 0 Å². The molecule has 0 saturated carbocycles. The van der Waals surface area contributed by atoms with Crippen molar-refractivity contribution in [3.8, 4) is 11.6 Å². The summed E-state index contributed by atoms with van der Waals surface area (Å²) in [5.41, 5.74) is 6.30. The van der Waals surface area contributed by atoms with Crippen LogP contribution >= 0.6 is 0 Å². The molecule has 0 spiro atoms. The summed E-state index contributed by atoms with van der Waals surface area (Å²) in [5.74, 6) is -1.86. The Hall–Kier alpha value is -2.70. The Labute approximate surface area is 113 Å². The summed E-state index contributed by atoms with van der Waals surface area (Å²) in [6, 6.07) is 5.89. The maximum absolute atomic E-state index is 13.1. The number of halogens is 2. The van der Waals surface area contributed by atoms with Crippen molar-refractivity contribution in [2.24, 2.45) is 10.9 Å². The van der Waals surface area contributed by atoms with Crippen LogP contribution in [-0.4, -0.2) is 16.0 Å². The van der Waals surface area contributed by atoms with Crippen LogP contribution in [0.4, 0.5) is 8.78 Å². The van der Waals surface area contributed by atoms with Crippen molar-refractivity contribution in [1.29, 1.82) is 0 Å². The standard InChI is InChI=1S/C13H11F2N3O2/c1-7-2-3-11(12(16)18-19)13(17-7)20-10-5-8(14)4-9(15)6-10/h2-6,19H,1H3,(H2,16,18). The van der Waals surface area contributed by atoms with Crippen molar-refractivity contribution < 1.29 is 18.7 Å². The molecule has 0 aliphatic rings. The van der Waals surface area contributed by atoms with E-state index < -0.39 is 11.6 Å². The molecule has 1 aromatic carbocycles. The molecule has 0 unspecified atom stereocenters. The Morgan fingerprint density at radius 3 is 2.50 bits per heavy atom. The number of aromatic nitrogens is 1. The van der Waals surface area contributed by atoms with Crippen molar-refractivity contribution in [3.05, 3.63) is 53.2 Å². The van der Waals surface area contributed by atoms with Gasteiger partial charge >= 0.3 is 0 Å². The number of ether oxygens (including phenoxy) is 1. The fourth-order valence-electron chi connectivity index (χ4n) is 1.56. The Balaban J connectivity index is 2.44. The van der Waals surface area contributed by atoms with E-state index in [-0.39, 0.29) is 23.0 Å². The van der Waals surface area contributed by atoms with E-state index in [0.29, 0.717) is 5.69 Å². The van der Waals surface area contributed by atoms with Gasteiger partial charge in [0.2, 0.25) is 5.88 Å². The Kier molecular flexibility index (Phi) is 3.79. The van der Waals surface area contributed by atoms with Crippen LogP contribution in [0, 0.1) is 18.6 Å². The van der Waals surface area contributed by atoms with Gasteiger partial charge in [0.15, 0.2) is 5.84 Å². The number of benzene rings is 1. The van der Waals surface area contributed by atoms with Crippen LogP contribution in [0.5, 0.6) is 11.6 Å². The molecule has 7 heteroatoms. The molecule has 1 heterocycles. The summed E-state index contributed by atoms with van der Waals surface area (Å²) in [6.45, 7) is 1.70. The molecule has 0 aliphatic heterocycles. The lowest BCUT2D eigenvalue weighted by Gasteiger charge is -2.10. The zero-order chi connectivity index (χ0) is 14.7. The molecule has 0 saturated heterocycles. The highest BCUT2D eigenvalue weighted by Gasteiger charge is 2.12. The first-order valence-corrected chi connectivity index (χ1v) is 5.59. The second-order valence-corrected chi connectivity index (χ2v) is 4.00. The zero-order valence-electron chi connectivity index (χ0n) is 10.5. The van der Waals surface area contributed by atoms with Crippen molar-refractivity contribution in [3.63, 3.8) is 0 Å². The lowest BCUT2D eigenvalue weighted by Crippen LogP contribution is -2.15. The van der Waals surface area contributed by atoms with Crippen molar-refractivity contribution in [2.75, 3.05) is 0 Å². The molecule has 0 amide bonds. The minimum atomic E-state index is -0.780. The second kappa shape index (κ2) is 5.52. The van der Waals surface area contributed by atoms with Gasteiger partial charge in [-0.2, -0.15) is 0 Å². The molecule has 104 valence electrons. The van der Waals surface area contributed by atoms with E-state index in [9.17, 15) is 8.78 Å². The Morgan fingerprint density at radius 2 is 1.90 bits per heavy atom. The first-order chi connectivity index (χ1) is 9.49. The molecule has 1 aromatic heterocycles. The summed E-state index contributed by atoms with van der Waals surface area (Å²) in [5, 5.41) is 11.5. The monoisotopic (exact) mass is 279 g/mol. The highest BCUT2D eigenvalue weighted by atomic mass is 19.1. The number of rotatable bonds is 3. The normalized spacial score (nSPS) is 11.4. The third kappa shape index (κ3) is 3.00. The molecule has 0 atom stereocenters. The van der Waals surface area contributed by atoms with Crippen molar-refractivity contribution in [2.45, 2.75) is 6.92 Å². The lowest BCUT2D eigenvalue weighted by atomic mass is 10.2. The average Bonchev–Trinajstić information content (AvgIpc) is 2.37. The largest absolute Gasteiger partial charge is 0.438 e. The van der Waals surface area contributed by atoms with Crippen LogP contribution in [0.3, 0.4) is 0 Å². The molecule has 3 N–H and O–H groups in total. The van der Waals surface area contributed by atoms with Crippen LogP contribution in [0.25, 0.3) is 0 Å². The van der Waals surface area contributed by atoms with Crippen molar-refractivity contribution in [1.82, 2.24) is 4.98 Å². The van der Waals surface area contributed by atoms with E-state index in [1.165, 1.54) is 6.07 Å². The molecule has 0 bridgehead atoms. The van der Waals surface area contributed by atoms with E-state index >= 15 is 0 Å². The highest BCUT2D eigenvalue weighted by Crippen LogP contribution is 2.25. The molecule has 0 radical (unpaired) electrons. The van der Waals surface area contributed by atoms with Crippen LogP contribution in [0.15, 0.2) is 35.5 Å². The second-order valence-electron chi connectivity index (χ2n) is 4.00. The van der Waals surface area contributed by atoms with Gasteiger partial charge in [-0.15, -0.1) is 0 Å². The molecule has 0 fully saturated rings. The van der Waals surface area contributed by atoms with E-state index in [1.807, 2.05) is 0 Å². The van der Waals surface area contributed by atoms with Crippen LogP contribution in [0.1, 0.15) is 11.3 Å². The SMILES string of the molecule is Cc1ccc(C(N)=NO)c(Oc2cc(F)cc(F)c2)n1. The van der Waals surface area contributed by atoms with Gasteiger partial charge in [-0.3, -0.25) is 0 Å². The third-order valence-electron chi connectivity index (χ3n) is 2.43. The van der Waals surface area contributed by atoms with Crippen LogP contribution < -0.4 is 10.5 Å². The predicted octanol–water partition coefficient (Wildman–Crippen LogP) is 2.56. The maximum atomic E-state index is 13.1. The number of nitrogens with two attached hydrogens (primary N) is 1. The molecule has 0 aliphatic carbocycles. The number of hydrogen-bond acceptors (Lipinski definition) is 4. The van der Waals surface area contributed by atoms with Crippen LogP contribution in [0.2, 0.25) is 0 Å². The smallest absolute Gasteiger partial charge is 0.230 e. The minimum absolute atomic E-state index is 0.00898. The molecular formula is C13H11F2N3O2. The number of aryl methyl sites for hydroxylation is 1. The summed E-state index contributed by atoms with van der Waals surface area (Å²) in [4.78, 5) is 4.06. The fourth-order valence-corrected chi connectivity index (χ4v) is 1.56.